The summed E-state index contributed by atoms with van der Waals surface area (Å²) in [7, 11) is 0. The Bertz CT molecular complexity index is 281. The predicted octanol–water partition coefficient (Wildman–Crippen LogP) is 3.16. The molecule has 0 aromatic heterocycles. The van der Waals surface area contributed by atoms with Crippen LogP contribution in [0.5, 0.6) is 0 Å². The summed E-state index contributed by atoms with van der Waals surface area (Å²) in [6, 6.07) is 0.890. The van der Waals surface area contributed by atoms with Crippen molar-refractivity contribution in [3.05, 3.63) is 0 Å². The van der Waals surface area contributed by atoms with Crippen LogP contribution in [0, 0.1) is 11.8 Å². The third kappa shape index (κ3) is 2.12. The van der Waals surface area contributed by atoms with E-state index in [1.165, 1.54) is 64.3 Å². The second-order valence-electron chi connectivity index (χ2n) is 7.15. The van der Waals surface area contributed by atoms with Crippen LogP contribution in [-0.4, -0.2) is 29.6 Å². The number of nitrogens with two attached hydrogens (primary N) is 1. The van der Waals surface area contributed by atoms with Crippen molar-refractivity contribution < 1.29 is 0 Å². The van der Waals surface area contributed by atoms with E-state index >= 15 is 0 Å². The lowest BCUT2D eigenvalue weighted by Crippen LogP contribution is -2.58. The van der Waals surface area contributed by atoms with Gasteiger partial charge in [-0.05, 0) is 56.8 Å². The van der Waals surface area contributed by atoms with Crippen molar-refractivity contribution in [1.29, 1.82) is 0 Å². The van der Waals surface area contributed by atoms with Gasteiger partial charge in [0.1, 0.15) is 0 Å². The van der Waals surface area contributed by atoms with E-state index in [4.69, 9.17) is 5.73 Å². The number of hydrogen-bond donors (Lipinski definition) is 1. The Labute approximate surface area is 112 Å². The summed E-state index contributed by atoms with van der Waals surface area (Å²) in [4.78, 5) is 2.85. The first-order chi connectivity index (χ1) is 8.77. The first kappa shape index (κ1) is 12.9. The third-order valence-electron chi connectivity index (χ3n) is 6.13. The molecule has 2 unspecified atom stereocenters. The molecule has 2 nitrogen and oxygen atoms in total. The molecule has 104 valence electrons. The Morgan fingerprint density at radius 1 is 1.17 bits per heavy atom. The summed E-state index contributed by atoms with van der Waals surface area (Å²) < 4.78 is 0. The fourth-order valence-electron chi connectivity index (χ4n) is 5.03. The lowest BCUT2D eigenvalue weighted by Gasteiger charge is -2.49. The van der Waals surface area contributed by atoms with Gasteiger partial charge in [0.25, 0.3) is 0 Å². The van der Waals surface area contributed by atoms with Gasteiger partial charge in [0, 0.05) is 24.7 Å². The van der Waals surface area contributed by atoms with Gasteiger partial charge in [-0.25, -0.2) is 0 Å². The first-order valence-electron chi connectivity index (χ1n) is 8.24. The maximum absolute atomic E-state index is 6.23. The molecule has 2 bridgehead atoms. The van der Waals surface area contributed by atoms with Gasteiger partial charge in [-0.1, -0.05) is 19.8 Å². The molecule has 0 spiro atoms. The van der Waals surface area contributed by atoms with Crippen molar-refractivity contribution in [1.82, 2.24) is 4.90 Å². The number of piperidine rings is 1. The first-order valence-corrected chi connectivity index (χ1v) is 8.24. The Kier molecular flexibility index (Phi) is 3.68. The zero-order valence-corrected chi connectivity index (χ0v) is 12.0. The van der Waals surface area contributed by atoms with Gasteiger partial charge in [0.05, 0.1) is 0 Å². The van der Waals surface area contributed by atoms with Crippen molar-refractivity contribution in [2.24, 2.45) is 17.6 Å². The van der Waals surface area contributed by atoms with Crippen LogP contribution in [0.3, 0.4) is 0 Å². The fourth-order valence-corrected chi connectivity index (χ4v) is 5.03. The maximum Gasteiger partial charge on any atom is 0.0335 e. The van der Waals surface area contributed by atoms with Crippen LogP contribution in [0.25, 0.3) is 0 Å². The molecule has 3 fully saturated rings. The molecule has 1 saturated heterocycles. The molecule has 2 heteroatoms. The van der Waals surface area contributed by atoms with Gasteiger partial charge in [0.2, 0.25) is 0 Å². The van der Waals surface area contributed by atoms with E-state index < -0.39 is 0 Å². The molecule has 0 aromatic rings. The number of likely N-dealkylation sites (tertiary alicyclic amines) is 1. The molecule has 3 aliphatic rings. The highest BCUT2D eigenvalue weighted by atomic mass is 15.3. The van der Waals surface area contributed by atoms with Gasteiger partial charge in [0.15, 0.2) is 0 Å². The van der Waals surface area contributed by atoms with E-state index in [-0.39, 0.29) is 0 Å². The highest BCUT2D eigenvalue weighted by molar-refractivity contribution is 5.04. The van der Waals surface area contributed by atoms with Crippen LogP contribution < -0.4 is 5.73 Å². The Morgan fingerprint density at radius 3 is 2.44 bits per heavy atom. The smallest absolute Gasteiger partial charge is 0.0335 e. The van der Waals surface area contributed by atoms with Gasteiger partial charge >= 0.3 is 0 Å². The second-order valence-corrected chi connectivity index (χ2v) is 7.15. The Hall–Kier alpha value is -0.0800. The average molecular weight is 250 g/mol. The highest BCUT2D eigenvalue weighted by Crippen LogP contribution is 2.46. The van der Waals surface area contributed by atoms with E-state index in [0.717, 1.165) is 24.4 Å². The largest absolute Gasteiger partial charge is 0.329 e. The molecule has 18 heavy (non-hydrogen) atoms. The lowest BCUT2D eigenvalue weighted by molar-refractivity contribution is 0.0169. The number of hydrogen-bond acceptors (Lipinski definition) is 2. The van der Waals surface area contributed by atoms with E-state index in [9.17, 15) is 0 Å². The minimum absolute atomic E-state index is 0.393. The topological polar surface area (TPSA) is 29.3 Å². The van der Waals surface area contributed by atoms with Crippen molar-refractivity contribution in [2.45, 2.75) is 76.3 Å². The second kappa shape index (κ2) is 5.13. The van der Waals surface area contributed by atoms with E-state index in [2.05, 4.69) is 11.8 Å². The zero-order chi connectivity index (χ0) is 12.6. The summed E-state index contributed by atoms with van der Waals surface area (Å²) in [5.41, 5.74) is 6.62. The third-order valence-corrected chi connectivity index (χ3v) is 6.13. The standard InChI is InChI=1S/C16H30N2/c1-2-3-13-6-8-16(12-17,9-7-13)18-11-14-4-5-15(18)10-14/h13-15H,2-12,17H2,1H3. The molecule has 1 heterocycles. The quantitative estimate of drug-likeness (QED) is 0.830. The van der Waals surface area contributed by atoms with Crippen LogP contribution in [-0.2, 0) is 0 Å². The molecule has 2 atom stereocenters. The molecule has 2 saturated carbocycles. The Balaban J connectivity index is 1.65. The van der Waals surface area contributed by atoms with Crippen molar-refractivity contribution in [3.8, 4) is 0 Å². The molecule has 2 aliphatic carbocycles. The summed E-state index contributed by atoms with van der Waals surface area (Å²) in [5.74, 6) is 2.00. The van der Waals surface area contributed by atoms with Gasteiger partial charge in [-0.15, -0.1) is 0 Å². The average Bonchev–Trinajstić information content (AvgIpc) is 3.03. The lowest BCUT2D eigenvalue weighted by atomic mass is 9.73. The minimum Gasteiger partial charge on any atom is -0.329 e. The fraction of sp³-hybridized carbons (Fsp3) is 1.00. The van der Waals surface area contributed by atoms with Crippen molar-refractivity contribution >= 4 is 0 Å². The van der Waals surface area contributed by atoms with Crippen LogP contribution in [0.4, 0.5) is 0 Å². The highest BCUT2D eigenvalue weighted by Gasteiger charge is 2.48. The minimum atomic E-state index is 0.393. The summed E-state index contributed by atoms with van der Waals surface area (Å²) in [6.45, 7) is 4.58. The SMILES string of the molecule is CCCC1CCC(CN)(N2CC3CCC2C3)CC1. The molecule has 1 aliphatic heterocycles. The zero-order valence-electron chi connectivity index (χ0n) is 12.0. The molecule has 3 rings (SSSR count). The van der Waals surface area contributed by atoms with Crippen molar-refractivity contribution in [3.63, 3.8) is 0 Å². The van der Waals surface area contributed by atoms with Gasteiger partial charge in [-0.2, -0.15) is 0 Å². The van der Waals surface area contributed by atoms with Crippen LogP contribution in [0.15, 0.2) is 0 Å². The molecule has 0 aromatic carbocycles. The van der Waals surface area contributed by atoms with Crippen LogP contribution in [0.2, 0.25) is 0 Å². The molecular weight excluding hydrogens is 220 g/mol. The Morgan fingerprint density at radius 2 is 1.94 bits per heavy atom. The molecular formula is C16H30N2. The normalized spacial score (nSPS) is 44.7. The monoisotopic (exact) mass is 250 g/mol. The summed E-state index contributed by atoms with van der Waals surface area (Å²) >= 11 is 0. The van der Waals surface area contributed by atoms with Crippen LogP contribution in [0.1, 0.15) is 64.7 Å². The van der Waals surface area contributed by atoms with Gasteiger partial charge in [-0.3, -0.25) is 4.90 Å². The van der Waals surface area contributed by atoms with E-state index in [1.54, 1.807) is 0 Å². The number of rotatable bonds is 4. The predicted molar refractivity (Wildman–Crippen MR) is 76.5 cm³/mol. The summed E-state index contributed by atoms with van der Waals surface area (Å²) in [5, 5.41) is 0. The van der Waals surface area contributed by atoms with E-state index in [0.29, 0.717) is 5.54 Å². The summed E-state index contributed by atoms with van der Waals surface area (Å²) in [6.07, 6.45) is 12.8. The van der Waals surface area contributed by atoms with Crippen LogP contribution >= 0.6 is 0 Å². The number of nitrogens with zero attached hydrogens (tertiary/aromatic N) is 1. The number of fused-ring (bicyclic) bond motifs is 2. The molecule has 0 amide bonds. The van der Waals surface area contributed by atoms with Gasteiger partial charge < -0.3 is 5.73 Å². The maximum atomic E-state index is 6.23. The molecule has 0 radical (unpaired) electrons. The van der Waals surface area contributed by atoms with E-state index in [1.807, 2.05) is 0 Å². The van der Waals surface area contributed by atoms with Crippen molar-refractivity contribution in [2.75, 3.05) is 13.1 Å². The molecule has 2 N–H and O–H groups in total.